The van der Waals surface area contributed by atoms with Gasteiger partial charge in [0.15, 0.2) is 0 Å². The second-order valence-electron chi connectivity index (χ2n) is 31.5. The summed E-state index contributed by atoms with van der Waals surface area (Å²) in [5, 5.41) is 2.67. The lowest BCUT2D eigenvalue weighted by molar-refractivity contribution is 0.668. The number of hydrogen-bond acceptors (Lipinski definition) is 4. The maximum Gasteiger partial charge on any atom is 0.136 e. The lowest BCUT2D eigenvalue weighted by Crippen LogP contribution is -1.90. The summed E-state index contributed by atoms with van der Waals surface area (Å²) in [5.74, 6) is 0. The molecule has 634 valence electrons. The number of benzene rings is 25. The fourth-order valence-corrected chi connectivity index (χ4v) is 18.3. The van der Waals surface area contributed by atoms with Crippen molar-refractivity contribution in [2.45, 2.75) is 0 Å². The van der Waals surface area contributed by atoms with Crippen LogP contribution in [0.4, 0.5) is 0 Å². The van der Waals surface area contributed by atoms with E-state index in [0.717, 1.165) is 32.7 Å². The standard InChI is InChI=1S/C36H22O.3C32H20O/c1-2-10-23(11-3-1)35-27-14-6-8-16-29(27)36(30-17-9-7-15-28(30)35)26-18-19-33-31(21-26)32-20-24-12-4-5-13-25(24)22-34(32)37-33;3*1-2-10-21(11-3-1)31-24-13-4-6-15-26(24)32(27-16-7-5-14-25(27)31)22-18-19-30-28(20-22)23-12-8-9-17-29(23)33-30/h1-22H;3*1-20H/i1D,2D,3D,4D,5D,6D,7D,8D,9D,10D,11D,12D,13D,14D,15D,16D,17D,18D,19D,20D,21D,22D;1D,2D,3D,4D,5D,6D,7D,8D,9D,10D,11D,12D,13D,14D,15D,16D,17D,18D,19D,20D;4D,5D,6D,7D,13D,14D,15D,16D;. The molecule has 0 bridgehead atoms. The molecule has 0 radical (unpaired) electrons. The van der Waals surface area contributed by atoms with Crippen LogP contribution in [0.3, 0.4) is 0 Å². The van der Waals surface area contributed by atoms with Gasteiger partial charge in [0, 0.05) is 43.1 Å². The van der Waals surface area contributed by atoms with E-state index >= 15 is 0 Å². The third-order valence-corrected chi connectivity index (χ3v) is 24.0. The molecule has 0 aliphatic heterocycles. The molecule has 0 N–H and O–H groups in total. The van der Waals surface area contributed by atoms with E-state index in [1.54, 1.807) is 36.4 Å². The first-order chi connectivity index (χ1) is 88.3. The fourth-order valence-electron chi connectivity index (χ4n) is 18.3. The van der Waals surface area contributed by atoms with Crippen LogP contribution in [-0.2, 0) is 0 Å². The molecule has 0 saturated carbocycles. The second-order valence-corrected chi connectivity index (χ2v) is 31.5. The van der Waals surface area contributed by atoms with Gasteiger partial charge in [-0.3, -0.25) is 0 Å². The molecule has 0 amide bonds. The van der Waals surface area contributed by atoms with Gasteiger partial charge in [-0.2, -0.15) is 0 Å². The van der Waals surface area contributed by atoms with Gasteiger partial charge >= 0.3 is 0 Å². The molecule has 0 unspecified atom stereocenters. The van der Waals surface area contributed by atoms with Crippen molar-refractivity contribution in [2.24, 2.45) is 0 Å². The summed E-state index contributed by atoms with van der Waals surface area (Å²) in [7, 11) is 0. The Bertz CT molecular complexity index is 12800. The summed E-state index contributed by atoms with van der Waals surface area (Å²) in [6.45, 7) is 0. The Morgan fingerprint density at radius 3 is 0.779 bits per heavy atom. The van der Waals surface area contributed by atoms with Crippen LogP contribution in [0.1, 0.15) is 68.5 Å². The van der Waals surface area contributed by atoms with E-state index in [4.69, 9.17) is 79.4 Å². The molecule has 4 heterocycles. The maximum absolute atomic E-state index is 9.64. The molecule has 0 aliphatic carbocycles. The Balaban J connectivity index is 0.000000121. The van der Waals surface area contributed by atoms with Crippen molar-refractivity contribution in [1.82, 2.24) is 0 Å². The molecule has 25 aromatic carbocycles. The number of para-hydroxylation sites is 3. The first kappa shape index (κ1) is 43.4. The average Bonchev–Trinajstić information content (AvgIpc) is 1.08. The van der Waals surface area contributed by atoms with Crippen molar-refractivity contribution < 1.29 is 86.2 Å². The van der Waals surface area contributed by atoms with E-state index in [-0.39, 0.29) is 56.5 Å². The molecule has 0 fully saturated rings. The Morgan fingerprint density at radius 1 is 0.125 bits per heavy atom. The van der Waals surface area contributed by atoms with Crippen LogP contribution < -0.4 is 0 Å². The number of fused-ring (bicyclic) bond motifs is 21. The van der Waals surface area contributed by atoms with Gasteiger partial charge in [-0.25, -0.2) is 0 Å². The minimum Gasteiger partial charge on any atom is -0.456 e. The highest BCUT2D eigenvalue weighted by Gasteiger charge is 2.25. The third kappa shape index (κ3) is 13.4. The molecule has 0 spiro atoms. The van der Waals surface area contributed by atoms with Gasteiger partial charge in [0.1, 0.15) is 44.7 Å². The molecule has 4 aromatic heterocycles. The third-order valence-electron chi connectivity index (χ3n) is 24.0. The van der Waals surface area contributed by atoms with Crippen LogP contribution in [0, 0.1) is 0 Å². The highest BCUT2D eigenvalue weighted by atomic mass is 16.3. The Kier molecular flexibility index (Phi) is 10.6. The lowest BCUT2D eigenvalue weighted by atomic mass is 9.86. The molecule has 136 heavy (non-hydrogen) atoms. The number of rotatable bonds is 8. The van der Waals surface area contributed by atoms with Crippen LogP contribution in [0.15, 0.2) is 514 Å². The summed E-state index contributed by atoms with van der Waals surface area (Å²) in [5.41, 5.74) is 3.05. The van der Waals surface area contributed by atoms with Gasteiger partial charge in [0.2, 0.25) is 0 Å². The first-order valence-corrected chi connectivity index (χ1v) is 42.5. The van der Waals surface area contributed by atoms with Gasteiger partial charge in [-0.1, -0.05) is 418 Å². The predicted molar refractivity (Wildman–Crippen MR) is 576 cm³/mol. The second kappa shape index (κ2) is 33.1. The largest absolute Gasteiger partial charge is 0.456 e. The molecular weight excluding hydrogens is 1650 g/mol. The van der Waals surface area contributed by atoms with Crippen molar-refractivity contribution in [3.05, 3.63) is 496 Å². The quantitative estimate of drug-likeness (QED) is 0.142. The summed E-state index contributed by atoms with van der Waals surface area (Å²) in [6, 6.07) is 28.1. The Morgan fingerprint density at radius 2 is 0.382 bits per heavy atom. The fraction of sp³-hybridized carbons (Fsp3) is 0. The van der Waals surface area contributed by atoms with Crippen LogP contribution in [-0.4, -0.2) is 0 Å². The zero-order chi connectivity index (χ0) is 133. The summed E-state index contributed by atoms with van der Waals surface area (Å²) < 4.78 is 461. The summed E-state index contributed by atoms with van der Waals surface area (Å²) in [4.78, 5) is 0. The van der Waals surface area contributed by atoms with Crippen molar-refractivity contribution >= 4 is 185 Å². The predicted octanol–water partition coefficient (Wildman–Crippen LogP) is 38.1. The zero-order valence-corrected chi connectivity index (χ0v) is 70.1. The molecule has 0 aliphatic rings. The molecule has 0 atom stereocenters. The van der Waals surface area contributed by atoms with E-state index in [1.165, 1.54) is 43.8 Å². The Hall–Kier alpha value is -18.0. The van der Waals surface area contributed by atoms with Gasteiger partial charge in [-0.15, -0.1) is 0 Å². The zero-order valence-electron chi connectivity index (χ0n) is 120. The van der Waals surface area contributed by atoms with Gasteiger partial charge in [0.25, 0.3) is 0 Å². The lowest BCUT2D eigenvalue weighted by Gasteiger charge is -2.17. The highest BCUT2D eigenvalue weighted by Crippen LogP contribution is 2.52. The first-order valence-electron chi connectivity index (χ1n) is 67.5. The van der Waals surface area contributed by atoms with Gasteiger partial charge in [-0.05, 0) is 265 Å². The van der Waals surface area contributed by atoms with Gasteiger partial charge in [0.05, 0.1) is 68.5 Å². The molecule has 29 aromatic rings. The molecule has 0 saturated heterocycles. The van der Waals surface area contributed by atoms with Crippen molar-refractivity contribution in [2.75, 3.05) is 0 Å². The van der Waals surface area contributed by atoms with E-state index in [1.807, 2.05) is 48.5 Å². The maximum atomic E-state index is 9.64. The molecule has 4 nitrogen and oxygen atoms in total. The van der Waals surface area contributed by atoms with E-state index in [9.17, 15) is 6.85 Å². The van der Waals surface area contributed by atoms with Crippen LogP contribution in [0.2, 0.25) is 0 Å². The smallest absolute Gasteiger partial charge is 0.136 e. The number of furan rings is 4. The monoisotopic (exact) mass is 1780 g/mol. The highest BCUT2D eigenvalue weighted by molar-refractivity contribution is 6.28. The topological polar surface area (TPSA) is 52.6 Å². The van der Waals surface area contributed by atoms with Crippen molar-refractivity contribution in [3.63, 3.8) is 0 Å². The van der Waals surface area contributed by atoms with Crippen LogP contribution in [0.5, 0.6) is 0 Å². The van der Waals surface area contributed by atoms with Crippen LogP contribution >= 0.6 is 0 Å². The SMILES string of the molecule is [2H]c1c([2H])c([2H])c(-c2c3c([2H])c([2H])c([2H])c([2H])c3c(-c3c([2H])c([2H])c4oc5c([2H])c([2H])c([2H])c([2H])c5c4c3[2H])c3c([2H])c([2H])c([2H])c([2H])c23)c([2H])c1[2H].[2H]c1c([2H])c([2H])c(-c2c3c([2H])c([2H])c([2H])c([2H])c3c(-c3c([2H])c([2H])c4oc5c([2H])c6c([2H])c([2H])c([2H])c([2H])c6c([2H])c5c4c3[2H])c3c([2H])c([2H])c([2H])c([2H])c23)c([2H])c1[2H].[2H]c1c([2H])c([2H])c2c(-c3ccc4oc5ccccc5c4c3)c3c([2H])c([2H])c([2H])c([2H])c3c(-c3ccccc3)c2c1[2H].c1ccc(-c2c3ccccc3c(-c3ccc4oc5ccccc5c4c3)c3ccccc23)cc1. The molecule has 29 rings (SSSR count). The molecular formula is C132H82O4. The minimum absolute atomic E-state index is 0.194. The van der Waals surface area contributed by atoms with Crippen LogP contribution in [0.25, 0.3) is 274 Å². The summed E-state index contributed by atoms with van der Waals surface area (Å²) in [6.07, 6.45) is 0. The Labute approximate surface area is 853 Å². The van der Waals surface area contributed by atoms with E-state index in [0.29, 0.717) is 33.4 Å². The normalized spacial score (nSPS) is 16.8. The number of hydrogen-bond donors (Lipinski definition) is 0. The van der Waals surface area contributed by atoms with Crippen molar-refractivity contribution in [3.8, 4) is 89.0 Å². The summed E-state index contributed by atoms with van der Waals surface area (Å²) >= 11 is 0. The van der Waals surface area contributed by atoms with E-state index < -0.39 is 409 Å². The minimum atomic E-state index is -0.900. The van der Waals surface area contributed by atoms with Gasteiger partial charge < -0.3 is 17.7 Å². The average molecular weight is 1780 g/mol. The van der Waals surface area contributed by atoms with E-state index in [2.05, 4.69) is 109 Å². The molecule has 4 heteroatoms. The van der Waals surface area contributed by atoms with Crippen molar-refractivity contribution in [1.29, 1.82) is 0 Å².